The molecule has 1 amide bonds. The normalized spacial score (nSPS) is 17.4. The van der Waals surface area contributed by atoms with Gasteiger partial charge in [-0.2, -0.15) is 0 Å². The molecule has 0 N–H and O–H groups in total. The number of carbonyl (C=O) groups excluding carboxylic acids is 2. The summed E-state index contributed by atoms with van der Waals surface area (Å²) in [5.74, 6) is -0.179. The topological polar surface area (TPSA) is 90.2 Å². The van der Waals surface area contributed by atoms with Gasteiger partial charge < -0.3 is 14.4 Å². The van der Waals surface area contributed by atoms with Gasteiger partial charge in [0.2, 0.25) is 0 Å². The third-order valence-electron chi connectivity index (χ3n) is 6.82. The van der Waals surface area contributed by atoms with Crippen LogP contribution < -0.4 is 24.5 Å². The van der Waals surface area contributed by atoms with Crippen molar-refractivity contribution >= 4 is 50.4 Å². The van der Waals surface area contributed by atoms with Crippen LogP contribution >= 0.6 is 27.3 Å². The van der Waals surface area contributed by atoms with E-state index in [1.54, 1.807) is 31.1 Å². The molecular weight excluding hydrogens is 594 g/mol. The van der Waals surface area contributed by atoms with Gasteiger partial charge in [-0.3, -0.25) is 14.2 Å². The van der Waals surface area contributed by atoms with Crippen molar-refractivity contribution in [2.75, 3.05) is 25.2 Å². The molecule has 3 heterocycles. The maximum absolute atomic E-state index is 14.3. The molecule has 0 bridgehead atoms. The zero-order valence-corrected chi connectivity index (χ0v) is 24.8. The Morgan fingerprint density at radius 1 is 1.20 bits per heavy atom. The average Bonchev–Trinajstić information content (AvgIpc) is 3.41. The fourth-order valence-electron chi connectivity index (χ4n) is 5.15. The molecule has 0 unspecified atom stereocenters. The summed E-state index contributed by atoms with van der Waals surface area (Å²) >= 11 is 4.71. The highest BCUT2D eigenvalue weighted by atomic mass is 79.9. The van der Waals surface area contributed by atoms with E-state index in [0.717, 1.165) is 23.4 Å². The molecule has 10 heteroatoms. The number of methoxy groups -OCH3 is 1. The number of hydrogen-bond donors (Lipinski definition) is 0. The fourth-order valence-corrected chi connectivity index (χ4v) is 6.82. The SMILES string of the molecule is C=CCN1C(=O)/C(=c2/sc3n(c2=O)[C@@H](c2ccc(OC)c(Br)c2)C(C(=O)OCC)=C(CCC)N=3)c2ccccc21. The first-order chi connectivity index (χ1) is 19.4. The number of rotatable bonds is 8. The number of fused-ring (bicyclic) bond motifs is 2. The summed E-state index contributed by atoms with van der Waals surface area (Å²) in [5.41, 5.74) is 2.91. The molecule has 5 rings (SSSR count). The van der Waals surface area contributed by atoms with Crippen LogP contribution in [0.25, 0.3) is 5.57 Å². The number of anilines is 1. The number of hydrogen-bond acceptors (Lipinski definition) is 7. The third-order valence-corrected chi connectivity index (χ3v) is 8.49. The minimum absolute atomic E-state index is 0.180. The van der Waals surface area contributed by atoms with E-state index in [1.165, 1.54) is 4.57 Å². The molecule has 0 saturated carbocycles. The second-order valence-electron chi connectivity index (χ2n) is 9.22. The van der Waals surface area contributed by atoms with Gasteiger partial charge in [-0.05, 0) is 53.0 Å². The van der Waals surface area contributed by atoms with Crippen LogP contribution in [-0.2, 0) is 14.3 Å². The van der Waals surface area contributed by atoms with E-state index in [4.69, 9.17) is 14.5 Å². The number of aromatic nitrogens is 1. The molecule has 0 spiro atoms. The van der Waals surface area contributed by atoms with E-state index in [2.05, 4.69) is 22.5 Å². The quantitative estimate of drug-likeness (QED) is 0.277. The highest BCUT2D eigenvalue weighted by Crippen LogP contribution is 2.37. The van der Waals surface area contributed by atoms with Gasteiger partial charge in [0.1, 0.15) is 10.3 Å². The molecule has 8 nitrogen and oxygen atoms in total. The van der Waals surface area contributed by atoms with Gasteiger partial charge in [-0.25, -0.2) is 9.79 Å². The number of amides is 1. The first-order valence-electron chi connectivity index (χ1n) is 13.0. The first kappa shape index (κ1) is 27.8. The Labute approximate surface area is 243 Å². The summed E-state index contributed by atoms with van der Waals surface area (Å²) in [6.45, 7) is 8.02. The van der Waals surface area contributed by atoms with E-state index in [0.29, 0.717) is 56.0 Å². The maximum Gasteiger partial charge on any atom is 0.338 e. The van der Waals surface area contributed by atoms with Crippen LogP contribution in [0.5, 0.6) is 5.75 Å². The third kappa shape index (κ3) is 4.54. The van der Waals surface area contributed by atoms with Crippen LogP contribution in [0, 0.1) is 0 Å². The van der Waals surface area contributed by atoms with Crippen molar-refractivity contribution in [3.05, 3.63) is 102 Å². The van der Waals surface area contributed by atoms with Crippen LogP contribution in [-0.4, -0.2) is 36.7 Å². The lowest BCUT2D eigenvalue weighted by molar-refractivity contribution is -0.139. The summed E-state index contributed by atoms with van der Waals surface area (Å²) in [7, 11) is 1.57. The zero-order valence-electron chi connectivity index (χ0n) is 22.4. The Hall–Kier alpha value is -3.76. The van der Waals surface area contributed by atoms with Gasteiger partial charge in [0.05, 0.1) is 46.8 Å². The summed E-state index contributed by atoms with van der Waals surface area (Å²) in [5, 5.41) is 0. The molecule has 2 aromatic carbocycles. The first-order valence-corrected chi connectivity index (χ1v) is 14.6. The Kier molecular flexibility index (Phi) is 7.91. The number of para-hydroxylation sites is 1. The summed E-state index contributed by atoms with van der Waals surface area (Å²) < 4.78 is 13.3. The molecule has 2 aliphatic heterocycles. The van der Waals surface area contributed by atoms with Crippen LogP contribution in [0.2, 0.25) is 0 Å². The van der Waals surface area contributed by atoms with Crippen molar-refractivity contribution in [1.82, 2.24) is 4.57 Å². The van der Waals surface area contributed by atoms with E-state index in [9.17, 15) is 14.4 Å². The number of ether oxygens (including phenoxy) is 2. The zero-order chi connectivity index (χ0) is 28.6. The predicted octanol–water partition coefficient (Wildman–Crippen LogP) is 4.25. The summed E-state index contributed by atoms with van der Waals surface area (Å²) in [6.07, 6.45) is 2.92. The van der Waals surface area contributed by atoms with Crippen molar-refractivity contribution in [3.8, 4) is 5.75 Å². The van der Waals surface area contributed by atoms with Crippen LogP contribution in [0.4, 0.5) is 5.69 Å². The number of benzene rings is 2. The summed E-state index contributed by atoms with van der Waals surface area (Å²) in [4.78, 5) is 48.2. The average molecular weight is 623 g/mol. The molecule has 206 valence electrons. The number of carbonyl (C=O) groups is 2. The van der Waals surface area contributed by atoms with Gasteiger partial charge in [-0.15, -0.1) is 6.58 Å². The van der Waals surface area contributed by atoms with E-state index >= 15 is 0 Å². The smallest absolute Gasteiger partial charge is 0.338 e. The van der Waals surface area contributed by atoms with Gasteiger partial charge >= 0.3 is 5.97 Å². The minimum Gasteiger partial charge on any atom is -0.496 e. The van der Waals surface area contributed by atoms with Gasteiger partial charge in [-0.1, -0.05) is 55.0 Å². The molecule has 1 atom stereocenters. The van der Waals surface area contributed by atoms with Crippen LogP contribution in [0.1, 0.15) is 43.9 Å². The largest absolute Gasteiger partial charge is 0.496 e. The number of nitrogens with zero attached hydrogens (tertiary/aromatic N) is 3. The van der Waals surface area contributed by atoms with Crippen LogP contribution in [0.15, 0.2) is 80.6 Å². The van der Waals surface area contributed by atoms with Crippen molar-refractivity contribution in [2.45, 2.75) is 32.7 Å². The lowest BCUT2D eigenvalue weighted by Crippen LogP contribution is -2.41. The molecule has 2 aliphatic rings. The van der Waals surface area contributed by atoms with E-state index < -0.39 is 17.6 Å². The maximum atomic E-state index is 14.3. The predicted molar refractivity (Wildman–Crippen MR) is 158 cm³/mol. The molecule has 3 aromatic rings. The highest BCUT2D eigenvalue weighted by Gasteiger charge is 2.37. The fraction of sp³-hybridized carbons (Fsp3) is 0.267. The van der Waals surface area contributed by atoms with Crippen molar-refractivity contribution in [2.24, 2.45) is 4.99 Å². The lowest BCUT2D eigenvalue weighted by atomic mass is 9.94. The Balaban J connectivity index is 1.85. The molecule has 0 aliphatic carbocycles. The molecule has 0 fully saturated rings. The molecule has 0 saturated heterocycles. The molecule has 0 radical (unpaired) electrons. The van der Waals surface area contributed by atoms with Gasteiger partial charge in [0, 0.05) is 12.1 Å². The lowest BCUT2D eigenvalue weighted by Gasteiger charge is -2.26. The number of esters is 1. The summed E-state index contributed by atoms with van der Waals surface area (Å²) in [6, 6.07) is 12.0. The van der Waals surface area contributed by atoms with E-state index in [1.807, 2.05) is 43.3 Å². The number of halogens is 1. The minimum atomic E-state index is -0.801. The Morgan fingerprint density at radius 3 is 2.65 bits per heavy atom. The molecule has 40 heavy (non-hydrogen) atoms. The van der Waals surface area contributed by atoms with E-state index in [-0.39, 0.29) is 17.0 Å². The Bertz CT molecular complexity index is 1750. The van der Waals surface area contributed by atoms with Crippen LogP contribution in [0.3, 0.4) is 0 Å². The van der Waals surface area contributed by atoms with Crippen molar-refractivity contribution < 1.29 is 19.1 Å². The number of allylic oxidation sites excluding steroid dienone is 1. The Morgan fingerprint density at radius 2 is 1.98 bits per heavy atom. The second kappa shape index (κ2) is 11.4. The second-order valence-corrected chi connectivity index (χ2v) is 11.1. The van der Waals surface area contributed by atoms with Gasteiger partial charge in [0.15, 0.2) is 4.80 Å². The number of thiazole rings is 1. The molecule has 1 aromatic heterocycles. The molecular formula is C30H28BrN3O5S. The van der Waals surface area contributed by atoms with Crippen molar-refractivity contribution in [1.29, 1.82) is 0 Å². The standard InChI is InChI=1S/C30H28BrN3O5S/c1-5-10-20-24(29(37)39-7-3)25(17-13-14-22(38-4)19(31)16-17)34-28(36)26(40-30(34)32-20)23-18-11-8-9-12-21(18)33(15-6-2)27(23)35/h6,8-9,11-14,16,25H,2,5,7,10,15H2,1,3-4H3/b26-23+/t25-/m0/s1. The monoisotopic (exact) mass is 621 g/mol. The highest BCUT2D eigenvalue weighted by molar-refractivity contribution is 9.10. The van der Waals surface area contributed by atoms with Gasteiger partial charge in [0.25, 0.3) is 11.5 Å². The van der Waals surface area contributed by atoms with Crippen molar-refractivity contribution in [3.63, 3.8) is 0 Å².